The molecule has 16 heavy (non-hydrogen) atoms. The Bertz CT molecular complexity index is 374. The molecule has 2 nitrogen and oxygen atoms in total. The van der Waals surface area contributed by atoms with Crippen molar-refractivity contribution in [3.63, 3.8) is 0 Å². The molecule has 0 atom stereocenters. The zero-order valence-corrected chi connectivity index (χ0v) is 10.1. The predicted octanol–water partition coefficient (Wildman–Crippen LogP) is 3.43. The number of esters is 1. The van der Waals surface area contributed by atoms with E-state index in [2.05, 4.69) is 32.6 Å². The number of hydrogen-bond acceptors (Lipinski definition) is 2. The smallest absolute Gasteiger partial charge is 0.333 e. The van der Waals surface area contributed by atoms with E-state index < -0.39 is 0 Å². The number of carbonyl (C=O) groups is 1. The topological polar surface area (TPSA) is 26.3 Å². The fourth-order valence-corrected chi connectivity index (χ4v) is 1.27. The fourth-order valence-electron chi connectivity index (χ4n) is 1.27. The lowest BCUT2D eigenvalue weighted by Crippen LogP contribution is -2.04. The molecule has 0 saturated heterocycles. The van der Waals surface area contributed by atoms with Gasteiger partial charge in [-0.2, -0.15) is 0 Å². The number of hydrogen-bond donors (Lipinski definition) is 0. The number of rotatable bonds is 4. The maximum absolute atomic E-state index is 11.2. The van der Waals surface area contributed by atoms with E-state index in [1.54, 1.807) is 6.92 Å². The van der Waals surface area contributed by atoms with Crippen LogP contribution in [0.1, 0.15) is 37.8 Å². The minimum atomic E-state index is -0.340. The molecule has 0 fully saturated rings. The summed E-state index contributed by atoms with van der Waals surface area (Å²) in [4.78, 5) is 11.2. The Morgan fingerprint density at radius 3 is 2.31 bits per heavy atom. The molecule has 0 unspecified atom stereocenters. The molecule has 0 spiro atoms. The van der Waals surface area contributed by atoms with Gasteiger partial charge in [-0.1, -0.05) is 44.7 Å². The Kier molecular flexibility index (Phi) is 4.29. The molecule has 0 heterocycles. The monoisotopic (exact) mass is 218 g/mol. The van der Waals surface area contributed by atoms with Crippen molar-refractivity contribution in [1.29, 1.82) is 0 Å². The third-order valence-corrected chi connectivity index (χ3v) is 2.36. The average Bonchev–Trinajstić information content (AvgIpc) is 2.26. The molecular formula is C14H18O2. The first-order valence-electron chi connectivity index (χ1n) is 5.42. The summed E-state index contributed by atoms with van der Waals surface area (Å²) in [5, 5.41) is 0. The molecule has 0 aromatic heterocycles. The molecule has 2 heteroatoms. The van der Waals surface area contributed by atoms with Gasteiger partial charge < -0.3 is 4.74 Å². The van der Waals surface area contributed by atoms with E-state index in [1.807, 2.05) is 12.1 Å². The van der Waals surface area contributed by atoms with Crippen LogP contribution in [-0.2, 0) is 16.1 Å². The summed E-state index contributed by atoms with van der Waals surface area (Å²) >= 11 is 0. The van der Waals surface area contributed by atoms with Crippen molar-refractivity contribution in [2.45, 2.75) is 33.3 Å². The van der Waals surface area contributed by atoms with Gasteiger partial charge in [0.15, 0.2) is 0 Å². The van der Waals surface area contributed by atoms with Crippen molar-refractivity contribution in [3.05, 3.63) is 47.5 Å². The minimum Gasteiger partial charge on any atom is -0.457 e. The van der Waals surface area contributed by atoms with Gasteiger partial charge in [0.1, 0.15) is 6.61 Å². The average molecular weight is 218 g/mol. The first kappa shape index (κ1) is 12.5. The van der Waals surface area contributed by atoms with Crippen molar-refractivity contribution in [1.82, 2.24) is 0 Å². The highest BCUT2D eigenvalue weighted by molar-refractivity contribution is 5.86. The molecule has 0 N–H and O–H groups in total. The molecule has 1 rings (SSSR count). The van der Waals surface area contributed by atoms with Gasteiger partial charge in [-0.15, -0.1) is 0 Å². The van der Waals surface area contributed by atoms with Gasteiger partial charge >= 0.3 is 5.97 Å². The van der Waals surface area contributed by atoms with Crippen LogP contribution in [0.3, 0.4) is 0 Å². The molecule has 0 saturated carbocycles. The number of benzene rings is 1. The minimum absolute atomic E-state index is 0.310. The van der Waals surface area contributed by atoms with Crippen LogP contribution >= 0.6 is 0 Å². The van der Waals surface area contributed by atoms with Crippen LogP contribution in [-0.4, -0.2) is 5.97 Å². The van der Waals surface area contributed by atoms with Gasteiger partial charge in [0.05, 0.1) is 0 Å². The summed E-state index contributed by atoms with van der Waals surface area (Å²) in [7, 11) is 0. The van der Waals surface area contributed by atoms with Gasteiger partial charge in [-0.05, 0) is 24.0 Å². The Balaban J connectivity index is 2.56. The first-order valence-corrected chi connectivity index (χ1v) is 5.42. The second kappa shape index (κ2) is 5.50. The Morgan fingerprint density at radius 1 is 1.31 bits per heavy atom. The van der Waals surface area contributed by atoms with Crippen LogP contribution in [0.5, 0.6) is 0 Å². The lowest BCUT2D eigenvalue weighted by Gasteiger charge is -2.07. The number of carbonyl (C=O) groups excluding carboxylic acids is 1. The maximum Gasteiger partial charge on any atom is 0.333 e. The van der Waals surface area contributed by atoms with Gasteiger partial charge in [-0.3, -0.25) is 0 Å². The van der Waals surface area contributed by atoms with Crippen LogP contribution in [0.15, 0.2) is 36.4 Å². The molecule has 0 aliphatic rings. The van der Waals surface area contributed by atoms with E-state index in [0.29, 0.717) is 18.1 Å². The maximum atomic E-state index is 11.2. The van der Waals surface area contributed by atoms with Crippen molar-refractivity contribution in [3.8, 4) is 0 Å². The van der Waals surface area contributed by atoms with Crippen LogP contribution in [0, 0.1) is 0 Å². The van der Waals surface area contributed by atoms with Crippen molar-refractivity contribution >= 4 is 5.97 Å². The zero-order valence-electron chi connectivity index (χ0n) is 10.1. The Hall–Kier alpha value is -1.57. The quantitative estimate of drug-likeness (QED) is 0.571. The summed E-state index contributed by atoms with van der Waals surface area (Å²) in [6, 6.07) is 8.10. The first-order chi connectivity index (χ1) is 7.50. The normalized spacial score (nSPS) is 10.2. The predicted molar refractivity (Wildman–Crippen MR) is 65.1 cm³/mol. The van der Waals surface area contributed by atoms with Gasteiger partial charge in [-0.25, -0.2) is 4.79 Å². The van der Waals surface area contributed by atoms with Crippen molar-refractivity contribution < 1.29 is 9.53 Å². The third-order valence-electron chi connectivity index (χ3n) is 2.36. The Labute approximate surface area is 96.9 Å². The molecule has 1 aromatic rings. The van der Waals surface area contributed by atoms with Gasteiger partial charge in [0.25, 0.3) is 0 Å². The van der Waals surface area contributed by atoms with E-state index in [1.165, 1.54) is 5.56 Å². The molecule has 0 aliphatic carbocycles. The standard InChI is InChI=1S/C14H18O2/c1-10(2)13-7-5-12(6-8-13)9-16-14(15)11(3)4/h5-8,10H,3,9H2,1-2,4H3. The van der Waals surface area contributed by atoms with Crippen LogP contribution < -0.4 is 0 Å². The highest BCUT2D eigenvalue weighted by atomic mass is 16.5. The Morgan fingerprint density at radius 2 is 1.88 bits per heavy atom. The van der Waals surface area contributed by atoms with Crippen LogP contribution in [0.25, 0.3) is 0 Å². The summed E-state index contributed by atoms with van der Waals surface area (Å²) in [5.41, 5.74) is 2.72. The van der Waals surface area contributed by atoms with Crippen LogP contribution in [0.4, 0.5) is 0 Å². The zero-order chi connectivity index (χ0) is 12.1. The molecule has 0 aliphatic heterocycles. The van der Waals surface area contributed by atoms with E-state index >= 15 is 0 Å². The van der Waals surface area contributed by atoms with Crippen molar-refractivity contribution in [2.24, 2.45) is 0 Å². The molecule has 1 aromatic carbocycles. The lowest BCUT2D eigenvalue weighted by molar-refractivity contribution is -0.140. The van der Waals surface area contributed by atoms with E-state index in [4.69, 9.17) is 4.74 Å². The van der Waals surface area contributed by atoms with Crippen LogP contribution in [0.2, 0.25) is 0 Å². The molecule has 0 amide bonds. The van der Waals surface area contributed by atoms with Crippen molar-refractivity contribution in [2.75, 3.05) is 0 Å². The van der Waals surface area contributed by atoms with E-state index in [0.717, 1.165) is 5.56 Å². The second-order valence-electron chi connectivity index (χ2n) is 4.25. The second-order valence-corrected chi connectivity index (χ2v) is 4.25. The highest BCUT2D eigenvalue weighted by Gasteiger charge is 2.04. The molecular weight excluding hydrogens is 200 g/mol. The lowest BCUT2D eigenvalue weighted by atomic mass is 10.0. The largest absolute Gasteiger partial charge is 0.457 e. The number of ether oxygens (including phenoxy) is 1. The van der Waals surface area contributed by atoms with Gasteiger partial charge in [0.2, 0.25) is 0 Å². The van der Waals surface area contributed by atoms with E-state index in [-0.39, 0.29) is 5.97 Å². The third kappa shape index (κ3) is 3.54. The SMILES string of the molecule is C=C(C)C(=O)OCc1ccc(C(C)C)cc1. The van der Waals surface area contributed by atoms with E-state index in [9.17, 15) is 4.79 Å². The fraction of sp³-hybridized carbons (Fsp3) is 0.357. The molecule has 86 valence electrons. The summed E-state index contributed by atoms with van der Waals surface area (Å²) in [5.74, 6) is 0.181. The summed E-state index contributed by atoms with van der Waals surface area (Å²) in [6.07, 6.45) is 0. The van der Waals surface area contributed by atoms with Gasteiger partial charge in [0, 0.05) is 5.57 Å². The molecule has 0 bridgehead atoms. The highest BCUT2D eigenvalue weighted by Crippen LogP contribution is 2.15. The molecule has 0 radical (unpaired) electrons. The summed E-state index contributed by atoms with van der Waals surface area (Å²) < 4.78 is 5.05. The summed E-state index contributed by atoms with van der Waals surface area (Å²) in [6.45, 7) is 9.78.